The lowest BCUT2D eigenvalue weighted by Gasteiger charge is -2.19. The Labute approximate surface area is 135 Å². The van der Waals surface area contributed by atoms with Gasteiger partial charge in [-0.15, -0.1) is 0 Å². The Kier molecular flexibility index (Phi) is 7.18. The molecule has 0 fully saturated rings. The van der Waals surface area contributed by atoms with Crippen LogP contribution in [0.5, 0.6) is 5.75 Å². The summed E-state index contributed by atoms with van der Waals surface area (Å²) in [6.07, 6.45) is 0.548. The minimum atomic E-state index is -0.661. The number of hydrogen-bond acceptors (Lipinski definition) is 4. The molecule has 0 saturated heterocycles. The van der Waals surface area contributed by atoms with Gasteiger partial charge in [-0.1, -0.05) is 31.5 Å². The number of ether oxygens (including phenoxy) is 2. The van der Waals surface area contributed by atoms with Gasteiger partial charge in [-0.3, -0.25) is 4.79 Å². The molecule has 6 heteroatoms. The zero-order valence-electron chi connectivity index (χ0n) is 13.3. The average Bonchev–Trinajstić information content (AvgIpc) is 2.47. The number of esters is 1. The summed E-state index contributed by atoms with van der Waals surface area (Å²) in [4.78, 5) is 23.9. The maximum absolute atomic E-state index is 12.2. The third-order valence-corrected chi connectivity index (χ3v) is 3.52. The molecule has 1 unspecified atom stereocenters. The van der Waals surface area contributed by atoms with E-state index >= 15 is 0 Å². The van der Waals surface area contributed by atoms with E-state index in [4.69, 9.17) is 21.1 Å². The molecule has 0 spiro atoms. The Morgan fingerprint density at radius 3 is 2.50 bits per heavy atom. The molecular weight excluding hydrogens is 306 g/mol. The molecule has 0 bridgehead atoms. The second-order valence-corrected chi connectivity index (χ2v) is 5.78. The van der Waals surface area contributed by atoms with E-state index in [0.29, 0.717) is 22.8 Å². The number of carbonyl (C=O) groups is 2. The van der Waals surface area contributed by atoms with E-state index in [1.165, 1.54) is 14.2 Å². The molecule has 0 aromatic heterocycles. The van der Waals surface area contributed by atoms with Crippen LogP contribution in [0.4, 0.5) is 0 Å². The quantitative estimate of drug-likeness (QED) is 0.782. The van der Waals surface area contributed by atoms with Gasteiger partial charge in [0.05, 0.1) is 20.6 Å². The topological polar surface area (TPSA) is 64.6 Å². The van der Waals surface area contributed by atoms with Crippen LogP contribution in [-0.4, -0.2) is 32.1 Å². The Morgan fingerprint density at radius 2 is 1.95 bits per heavy atom. The number of methoxy groups -OCH3 is 2. The summed E-state index contributed by atoms with van der Waals surface area (Å²) < 4.78 is 9.94. The second kappa shape index (κ2) is 8.63. The summed E-state index contributed by atoms with van der Waals surface area (Å²) in [5.74, 6) is 0.0380. The van der Waals surface area contributed by atoms with Crippen LogP contribution in [0.1, 0.15) is 25.8 Å². The van der Waals surface area contributed by atoms with Gasteiger partial charge in [0.1, 0.15) is 11.8 Å². The highest BCUT2D eigenvalue weighted by molar-refractivity contribution is 6.31. The van der Waals surface area contributed by atoms with Gasteiger partial charge in [-0.2, -0.15) is 0 Å². The number of carbonyl (C=O) groups excluding carboxylic acids is 2. The first-order chi connectivity index (χ1) is 10.4. The lowest BCUT2D eigenvalue weighted by molar-refractivity contribution is -0.145. The number of benzene rings is 1. The molecule has 5 nitrogen and oxygen atoms in total. The third kappa shape index (κ3) is 5.22. The molecule has 1 amide bonds. The summed E-state index contributed by atoms with van der Waals surface area (Å²) in [6.45, 7) is 3.94. The monoisotopic (exact) mass is 327 g/mol. The third-order valence-electron chi connectivity index (χ3n) is 3.16. The van der Waals surface area contributed by atoms with Crippen molar-refractivity contribution in [1.82, 2.24) is 5.32 Å². The van der Waals surface area contributed by atoms with Crippen molar-refractivity contribution in [3.05, 3.63) is 28.8 Å². The summed E-state index contributed by atoms with van der Waals surface area (Å²) in [7, 11) is 2.82. The van der Waals surface area contributed by atoms with E-state index in [1.807, 2.05) is 13.8 Å². The van der Waals surface area contributed by atoms with Gasteiger partial charge in [0.2, 0.25) is 5.91 Å². The van der Waals surface area contributed by atoms with Crippen molar-refractivity contribution < 1.29 is 19.1 Å². The number of amides is 1. The van der Waals surface area contributed by atoms with Crippen molar-refractivity contribution in [3.8, 4) is 5.75 Å². The fourth-order valence-corrected chi connectivity index (χ4v) is 2.37. The molecule has 0 aliphatic carbocycles. The van der Waals surface area contributed by atoms with Crippen molar-refractivity contribution in [2.45, 2.75) is 32.7 Å². The highest BCUT2D eigenvalue weighted by atomic mass is 35.5. The fourth-order valence-electron chi connectivity index (χ4n) is 2.14. The Hall–Kier alpha value is -1.75. The van der Waals surface area contributed by atoms with E-state index in [0.717, 1.165) is 0 Å². The molecule has 1 N–H and O–H groups in total. The molecule has 0 aliphatic rings. The molecule has 0 heterocycles. The highest BCUT2D eigenvalue weighted by Crippen LogP contribution is 2.26. The van der Waals surface area contributed by atoms with Gasteiger partial charge < -0.3 is 14.8 Å². The van der Waals surface area contributed by atoms with Gasteiger partial charge in [-0.05, 0) is 24.5 Å². The lowest BCUT2D eigenvalue weighted by Crippen LogP contribution is -2.43. The maximum atomic E-state index is 12.2. The highest BCUT2D eigenvalue weighted by Gasteiger charge is 2.23. The van der Waals surface area contributed by atoms with Crippen LogP contribution in [0, 0.1) is 5.92 Å². The molecule has 0 radical (unpaired) electrons. The summed E-state index contributed by atoms with van der Waals surface area (Å²) in [5, 5.41) is 3.15. The van der Waals surface area contributed by atoms with Crippen molar-refractivity contribution >= 4 is 23.5 Å². The lowest BCUT2D eigenvalue weighted by atomic mass is 10.0. The van der Waals surface area contributed by atoms with Crippen molar-refractivity contribution in [1.29, 1.82) is 0 Å². The molecule has 1 aromatic rings. The van der Waals surface area contributed by atoms with Crippen LogP contribution in [0.3, 0.4) is 0 Å². The predicted molar refractivity (Wildman–Crippen MR) is 85.1 cm³/mol. The number of rotatable bonds is 7. The normalized spacial score (nSPS) is 11.9. The Morgan fingerprint density at radius 1 is 1.27 bits per heavy atom. The molecule has 0 saturated carbocycles. The Bertz CT molecular complexity index is 531. The van der Waals surface area contributed by atoms with Crippen LogP contribution in [0.25, 0.3) is 0 Å². The van der Waals surface area contributed by atoms with E-state index in [2.05, 4.69) is 5.32 Å². The van der Waals surface area contributed by atoms with Gasteiger partial charge in [-0.25, -0.2) is 4.79 Å². The largest absolute Gasteiger partial charge is 0.496 e. The smallest absolute Gasteiger partial charge is 0.328 e. The van der Waals surface area contributed by atoms with E-state index < -0.39 is 12.0 Å². The zero-order chi connectivity index (χ0) is 16.7. The molecule has 0 aliphatic heterocycles. The second-order valence-electron chi connectivity index (χ2n) is 5.37. The zero-order valence-corrected chi connectivity index (χ0v) is 14.1. The number of nitrogens with one attached hydrogen (secondary N) is 1. The minimum absolute atomic E-state index is 0.0361. The molecule has 22 heavy (non-hydrogen) atoms. The Balaban J connectivity index is 2.82. The van der Waals surface area contributed by atoms with Gasteiger partial charge in [0, 0.05) is 10.6 Å². The first kappa shape index (κ1) is 18.3. The summed E-state index contributed by atoms with van der Waals surface area (Å²) in [5.41, 5.74) is 0.595. The van der Waals surface area contributed by atoms with Crippen molar-refractivity contribution in [3.63, 3.8) is 0 Å². The van der Waals surface area contributed by atoms with E-state index in [9.17, 15) is 9.59 Å². The first-order valence-corrected chi connectivity index (χ1v) is 7.45. The van der Waals surface area contributed by atoms with Crippen LogP contribution in [-0.2, 0) is 20.7 Å². The summed E-state index contributed by atoms with van der Waals surface area (Å²) in [6, 6.07) is 4.52. The standard InChI is InChI=1S/C16H22ClNO4/c1-10(2)8-13(16(20)22-4)18-15(19)9-11-12(17)6-5-7-14(11)21-3/h5-7,10,13H,8-9H2,1-4H3,(H,18,19). The number of halogens is 1. The maximum Gasteiger partial charge on any atom is 0.328 e. The van der Waals surface area contributed by atoms with Gasteiger partial charge in [0.15, 0.2) is 0 Å². The molecule has 1 atom stereocenters. The minimum Gasteiger partial charge on any atom is -0.496 e. The average molecular weight is 328 g/mol. The van der Waals surface area contributed by atoms with Crippen molar-refractivity contribution in [2.75, 3.05) is 14.2 Å². The van der Waals surface area contributed by atoms with Crippen molar-refractivity contribution in [2.24, 2.45) is 5.92 Å². The molecule has 122 valence electrons. The fraction of sp³-hybridized carbons (Fsp3) is 0.500. The first-order valence-electron chi connectivity index (χ1n) is 7.07. The van der Waals surface area contributed by atoms with Crippen LogP contribution >= 0.6 is 11.6 Å². The number of hydrogen-bond donors (Lipinski definition) is 1. The predicted octanol–water partition coefficient (Wildman–Crippen LogP) is 2.60. The van der Waals surface area contributed by atoms with Gasteiger partial charge >= 0.3 is 5.97 Å². The molecule has 1 aromatic carbocycles. The molecular formula is C16H22ClNO4. The van der Waals surface area contributed by atoms with E-state index in [1.54, 1.807) is 18.2 Å². The SMILES string of the molecule is COC(=O)C(CC(C)C)NC(=O)Cc1c(Cl)cccc1OC. The molecule has 1 rings (SSSR count). The summed E-state index contributed by atoms with van der Waals surface area (Å²) >= 11 is 6.11. The van der Waals surface area contributed by atoms with Crippen LogP contribution in [0.2, 0.25) is 5.02 Å². The van der Waals surface area contributed by atoms with Crippen LogP contribution < -0.4 is 10.1 Å². The van der Waals surface area contributed by atoms with E-state index in [-0.39, 0.29) is 18.2 Å². The van der Waals surface area contributed by atoms with Crippen LogP contribution in [0.15, 0.2) is 18.2 Å². The van der Waals surface area contributed by atoms with Gasteiger partial charge in [0.25, 0.3) is 0 Å².